The van der Waals surface area contributed by atoms with E-state index in [-0.39, 0.29) is 6.61 Å². The third-order valence-corrected chi connectivity index (χ3v) is 3.44. The number of hydrogen-bond donors (Lipinski definition) is 1. The Hall–Kier alpha value is -0.910. The van der Waals surface area contributed by atoms with Crippen LogP contribution in [0.25, 0.3) is 0 Å². The molecule has 0 aromatic carbocycles. The van der Waals surface area contributed by atoms with E-state index in [0.717, 1.165) is 6.42 Å². The fourth-order valence-corrected chi connectivity index (χ4v) is 1.64. The molecule has 2 unspecified atom stereocenters. The maximum absolute atomic E-state index is 11.3. The second kappa shape index (κ2) is 7.38. The lowest BCUT2D eigenvalue weighted by Gasteiger charge is -2.11. The van der Waals surface area contributed by atoms with Gasteiger partial charge in [-0.3, -0.25) is 13.8 Å². The molecule has 0 saturated carbocycles. The number of ether oxygens (including phenoxy) is 1. The van der Waals surface area contributed by atoms with Gasteiger partial charge in [-0.2, -0.15) is 0 Å². The minimum atomic E-state index is -1.71. The summed E-state index contributed by atoms with van der Waals surface area (Å²) in [5, 5.41) is 7.53. The van der Waals surface area contributed by atoms with E-state index in [9.17, 15) is 13.8 Å². The average Bonchev–Trinajstić information content (AvgIpc) is 2.14. The van der Waals surface area contributed by atoms with Crippen LogP contribution in [0.5, 0.6) is 0 Å². The van der Waals surface area contributed by atoms with Crippen molar-refractivity contribution in [3.8, 4) is 0 Å². The second-order valence-electron chi connectivity index (χ2n) is 3.91. The molecule has 0 aliphatic carbocycles. The minimum absolute atomic E-state index is 0.283. The van der Waals surface area contributed by atoms with Crippen LogP contribution in [0.3, 0.4) is 0 Å². The SMILES string of the molecule is CC(C)CCOC(=O)C(C)S(=O)CC(=O)O. The highest BCUT2D eigenvalue weighted by molar-refractivity contribution is 7.87. The smallest absolute Gasteiger partial charge is 0.321 e. The molecular weight excluding hydrogens is 232 g/mol. The van der Waals surface area contributed by atoms with Gasteiger partial charge in [-0.05, 0) is 19.3 Å². The van der Waals surface area contributed by atoms with Crippen molar-refractivity contribution in [3.05, 3.63) is 0 Å². The quantitative estimate of drug-likeness (QED) is 0.676. The fourth-order valence-electron chi connectivity index (χ4n) is 0.867. The maximum atomic E-state index is 11.3. The molecule has 6 heteroatoms. The Bertz CT molecular complexity index is 274. The minimum Gasteiger partial charge on any atom is -0.481 e. The summed E-state index contributed by atoms with van der Waals surface area (Å²) in [6.07, 6.45) is 0.740. The van der Waals surface area contributed by atoms with E-state index in [0.29, 0.717) is 5.92 Å². The van der Waals surface area contributed by atoms with Crippen molar-refractivity contribution >= 4 is 22.7 Å². The Balaban J connectivity index is 3.98. The summed E-state index contributed by atoms with van der Waals surface area (Å²) in [5.74, 6) is -1.88. The molecule has 2 atom stereocenters. The van der Waals surface area contributed by atoms with E-state index >= 15 is 0 Å². The summed E-state index contributed by atoms with van der Waals surface area (Å²) >= 11 is 0. The molecule has 5 nitrogen and oxygen atoms in total. The zero-order chi connectivity index (χ0) is 12.7. The molecule has 0 aliphatic heterocycles. The molecule has 0 aliphatic rings. The van der Waals surface area contributed by atoms with Crippen LogP contribution in [0, 0.1) is 5.92 Å². The summed E-state index contributed by atoms with van der Waals surface area (Å²) < 4.78 is 16.2. The first-order valence-electron chi connectivity index (χ1n) is 5.10. The van der Waals surface area contributed by atoms with E-state index in [2.05, 4.69) is 0 Å². The summed E-state index contributed by atoms with van der Waals surface area (Å²) in [5.41, 5.74) is 0. The fraction of sp³-hybridized carbons (Fsp3) is 0.800. The Morgan fingerprint density at radius 1 is 1.31 bits per heavy atom. The van der Waals surface area contributed by atoms with Gasteiger partial charge in [0.1, 0.15) is 11.0 Å². The molecule has 0 saturated heterocycles. The van der Waals surface area contributed by atoms with Crippen molar-refractivity contribution in [1.82, 2.24) is 0 Å². The summed E-state index contributed by atoms with van der Waals surface area (Å²) in [4.78, 5) is 21.6. The van der Waals surface area contributed by atoms with Crippen LogP contribution in [0.15, 0.2) is 0 Å². The lowest BCUT2D eigenvalue weighted by Crippen LogP contribution is -2.29. The average molecular weight is 250 g/mol. The van der Waals surface area contributed by atoms with Crippen molar-refractivity contribution < 1.29 is 23.6 Å². The van der Waals surface area contributed by atoms with Gasteiger partial charge in [-0.15, -0.1) is 0 Å². The van der Waals surface area contributed by atoms with Gasteiger partial charge >= 0.3 is 11.9 Å². The van der Waals surface area contributed by atoms with Crippen molar-refractivity contribution in [1.29, 1.82) is 0 Å². The van der Waals surface area contributed by atoms with E-state index in [1.807, 2.05) is 13.8 Å². The van der Waals surface area contributed by atoms with Crippen LogP contribution in [0.2, 0.25) is 0 Å². The summed E-state index contributed by atoms with van der Waals surface area (Å²) in [6, 6.07) is 0. The molecular formula is C10H18O5S. The molecule has 0 aromatic heterocycles. The van der Waals surface area contributed by atoms with Gasteiger partial charge in [0.2, 0.25) is 0 Å². The molecule has 1 N–H and O–H groups in total. The third-order valence-electron chi connectivity index (χ3n) is 1.93. The lowest BCUT2D eigenvalue weighted by molar-refractivity contribution is -0.143. The normalized spacial score (nSPS) is 14.5. The zero-order valence-electron chi connectivity index (χ0n) is 9.76. The van der Waals surface area contributed by atoms with Crippen LogP contribution in [-0.2, 0) is 25.1 Å². The molecule has 0 spiro atoms. The first-order chi connectivity index (χ1) is 7.34. The van der Waals surface area contributed by atoms with Crippen molar-refractivity contribution in [3.63, 3.8) is 0 Å². The molecule has 0 radical (unpaired) electrons. The number of hydrogen-bond acceptors (Lipinski definition) is 4. The number of carboxylic acids is 1. The number of rotatable bonds is 7. The third kappa shape index (κ3) is 6.55. The van der Waals surface area contributed by atoms with Gasteiger partial charge in [0, 0.05) is 10.8 Å². The first kappa shape index (κ1) is 15.1. The van der Waals surface area contributed by atoms with Gasteiger partial charge in [-0.1, -0.05) is 13.8 Å². The van der Waals surface area contributed by atoms with Crippen molar-refractivity contribution in [2.24, 2.45) is 5.92 Å². The van der Waals surface area contributed by atoms with Crippen molar-refractivity contribution in [2.45, 2.75) is 32.4 Å². The molecule has 16 heavy (non-hydrogen) atoms. The Kier molecular flexibility index (Phi) is 6.96. The topological polar surface area (TPSA) is 80.7 Å². The highest BCUT2D eigenvalue weighted by Crippen LogP contribution is 2.03. The highest BCUT2D eigenvalue weighted by atomic mass is 32.2. The van der Waals surface area contributed by atoms with E-state index in [1.165, 1.54) is 6.92 Å². The summed E-state index contributed by atoms with van der Waals surface area (Å²) in [7, 11) is -1.71. The highest BCUT2D eigenvalue weighted by Gasteiger charge is 2.23. The number of carboxylic acid groups (broad SMARTS) is 1. The van der Waals surface area contributed by atoms with Gasteiger partial charge in [0.15, 0.2) is 0 Å². The lowest BCUT2D eigenvalue weighted by atomic mass is 10.1. The van der Waals surface area contributed by atoms with Crippen LogP contribution in [0.4, 0.5) is 0 Å². The second-order valence-corrected chi connectivity index (χ2v) is 5.67. The summed E-state index contributed by atoms with van der Waals surface area (Å²) in [6.45, 7) is 5.70. The van der Waals surface area contributed by atoms with Crippen LogP contribution >= 0.6 is 0 Å². The number of esters is 1. The van der Waals surface area contributed by atoms with Crippen LogP contribution < -0.4 is 0 Å². The Morgan fingerprint density at radius 3 is 2.31 bits per heavy atom. The molecule has 0 heterocycles. The molecule has 94 valence electrons. The maximum Gasteiger partial charge on any atom is 0.321 e. The predicted molar refractivity (Wildman–Crippen MR) is 60.5 cm³/mol. The Morgan fingerprint density at radius 2 is 1.88 bits per heavy atom. The number of carbonyl (C=O) groups is 2. The molecule has 0 rings (SSSR count). The van der Waals surface area contributed by atoms with Gasteiger partial charge in [-0.25, -0.2) is 0 Å². The molecule has 0 fully saturated rings. The predicted octanol–water partition coefficient (Wildman–Crippen LogP) is 0.798. The number of carbonyl (C=O) groups excluding carboxylic acids is 1. The van der Waals surface area contributed by atoms with Crippen LogP contribution in [-0.4, -0.2) is 38.9 Å². The number of aliphatic carboxylic acids is 1. The van der Waals surface area contributed by atoms with Crippen molar-refractivity contribution in [2.75, 3.05) is 12.4 Å². The zero-order valence-corrected chi connectivity index (χ0v) is 10.6. The standard InChI is InChI=1S/C10H18O5S/c1-7(2)4-5-15-10(13)8(3)16(14)6-9(11)12/h7-8H,4-6H2,1-3H3,(H,11,12). The van der Waals surface area contributed by atoms with Crippen LogP contribution in [0.1, 0.15) is 27.2 Å². The monoisotopic (exact) mass is 250 g/mol. The Labute approximate surface area is 97.6 Å². The largest absolute Gasteiger partial charge is 0.481 e. The van der Waals surface area contributed by atoms with E-state index < -0.39 is 33.7 Å². The van der Waals surface area contributed by atoms with Gasteiger partial charge < -0.3 is 9.84 Å². The molecule has 0 bridgehead atoms. The van der Waals surface area contributed by atoms with E-state index in [4.69, 9.17) is 9.84 Å². The van der Waals surface area contributed by atoms with Gasteiger partial charge in [0.05, 0.1) is 6.61 Å². The van der Waals surface area contributed by atoms with Gasteiger partial charge in [0.25, 0.3) is 0 Å². The first-order valence-corrected chi connectivity index (χ1v) is 6.48. The van der Waals surface area contributed by atoms with E-state index in [1.54, 1.807) is 0 Å². The molecule has 0 amide bonds. The molecule has 0 aromatic rings.